The number of carbonyl (C=O) groups excluding carboxylic acids is 11. The van der Waals surface area contributed by atoms with Crippen molar-refractivity contribution < 1.29 is 57.8 Å². The van der Waals surface area contributed by atoms with Gasteiger partial charge in [-0.2, -0.15) is 0 Å². The molecule has 1 heterocycles. The highest BCUT2D eigenvalue weighted by Gasteiger charge is 2.45. The number of carbonyl (C=O) groups is 11. The van der Waals surface area contributed by atoms with Crippen LogP contribution in [-0.4, -0.2) is 215 Å². The number of hydrogen-bond donors (Lipinski definition) is 6. The number of likely N-dealkylation sites (N-methyl/N-ethyl adjacent to an activating group) is 6. The number of rotatable bonds is 15. The van der Waals surface area contributed by atoms with Crippen molar-refractivity contribution in [3.8, 4) is 0 Å². The maximum absolute atomic E-state index is 15.1. The summed E-state index contributed by atoms with van der Waals surface area (Å²) in [6.07, 6.45) is 3.01. The Morgan fingerprint density at radius 2 is 0.917 bits per heavy atom. The van der Waals surface area contributed by atoms with Gasteiger partial charge in [-0.3, -0.25) is 52.7 Å². The smallest absolute Gasteiger partial charge is 0.246 e. The third-order valence-electron chi connectivity index (χ3n) is 15.6. The van der Waals surface area contributed by atoms with Crippen LogP contribution in [0.4, 0.5) is 0 Å². The van der Waals surface area contributed by atoms with Crippen LogP contribution in [0.15, 0.2) is 12.2 Å². The summed E-state index contributed by atoms with van der Waals surface area (Å²) in [5.74, 6) is -9.87. The van der Waals surface area contributed by atoms with Crippen molar-refractivity contribution in [1.29, 1.82) is 0 Å². The second-order valence-corrected chi connectivity index (χ2v) is 25.7. The maximum Gasteiger partial charge on any atom is 0.246 e. The average molecular weight is 1190 g/mol. The molecule has 0 bridgehead atoms. The van der Waals surface area contributed by atoms with E-state index in [9.17, 15) is 48.3 Å². The molecule has 1 saturated heterocycles. The predicted molar refractivity (Wildman–Crippen MR) is 324 cm³/mol. The fourth-order valence-corrected chi connectivity index (χ4v) is 10.4. The first kappa shape index (κ1) is 75.9. The fraction of sp³-hybridized carbons (Fsp3) is 0.787. The van der Waals surface area contributed by atoms with Gasteiger partial charge in [-0.1, -0.05) is 109 Å². The molecule has 23 nitrogen and oxygen atoms in total. The average Bonchev–Trinajstić information content (AvgIpc) is 3.53. The summed E-state index contributed by atoms with van der Waals surface area (Å²) >= 11 is 0. The van der Waals surface area contributed by atoms with E-state index in [0.29, 0.717) is 6.42 Å². The molecule has 6 N–H and O–H groups in total. The van der Waals surface area contributed by atoms with E-state index in [1.165, 1.54) is 75.7 Å². The van der Waals surface area contributed by atoms with E-state index in [2.05, 4.69) is 26.6 Å². The van der Waals surface area contributed by atoms with Crippen molar-refractivity contribution >= 4 is 65.0 Å². The van der Waals surface area contributed by atoms with Gasteiger partial charge in [0, 0.05) is 42.3 Å². The van der Waals surface area contributed by atoms with Crippen LogP contribution >= 0.6 is 0 Å². The Hall–Kier alpha value is -6.13. The standard InChI is InChI=1S/C61H109N11O12/c1-24-26-27-39(15)51(74)50-56(79)64-42(25-2)58(81)67(18)32-47(73)68(19)44(29-34(5)6)54(77)66-48(37(11)12)55(78)65-43(28-33(3)4)53(76)62-40(16)52(75)63-41(17)57(80)69(20)45(30-35(7)8)59(82)70(21)46(31-36(9)10)60(83)71(22)49(38(13)14)61(84)72(50)23/h24,26,33-46,48-51,74H,25,27-32H2,1-23H3,(H,62,76)(H,63,75)(H,64,79)(H,65,78)(H,66,77)/b26-24+/t39-,40+,41-,42-,43-,44+,45+,46+,48+,49-,50+,51-/m1/s1. The van der Waals surface area contributed by atoms with E-state index < -0.39 is 156 Å². The fourth-order valence-electron chi connectivity index (χ4n) is 10.4. The molecule has 0 spiro atoms. The highest BCUT2D eigenvalue weighted by atomic mass is 16.3. The van der Waals surface area contributed by atoms with Gasteiger partial charge in [0.1, 0.15) is 60.4 Å². The van der Waals surface area contributed by atoms with Gasteiger partial charge >= 0.3 is 0 Å². The molecule has 0 aliphatic carbocycles. The molecular weight excluding hydrogens is 1080 g/mol. The van der Waals surface area contributed by atoms with Gasteiger partial charge in [-0.25, -0.2) is 0 Å². The number of allylic oxidation sites excluding steroid dienone is 2. The Kier molecular flexibility index (Phi) is 31.4. The SMILES string of the molecule is C/C=C/C[C@@H](C)[C@@H](O)[C@H]1C(=O)N[C@H](CC)C(=O)N(C)CC(=O)N(C)[C@@H](CC(C)C)C(=O)N[C@@H](C(C)C)C(=O)N[C@H](CC(C)C)C(=O)N[C@@H](C)C(=O)N[C@H](C)C(=O)N(C)[C@@H](CC(C)C)C(=O)N(C)[C@@H](CC(C)C)C(=O)N(C)[C@H](C(C)C)C(=O)N1C. The van der Waals surface area contributed by atoms with Crippen LogP contribution in [0.2, 0.25) is 0 Å². The molecule has 0 aromatic carbocycles. The first-order valence-electron chi connectivity index (χ1n) is 30.2. The lowest BCUT2D eigenvalue weighted by molar-refractivity contribution is -0.157. The number of hydrogen-bond acceptors (Lipinski definition) is 12. The van der Waals surface area contributed by atoms with Gasteiger partial charge in [0.2, 0.25) is 65.0 Å². The Bertz CT molecular complexity index is 2290. The van der Waals surface area contributed by atoms with Gasteiger partial charge in [-0.15, -0.1) is 0 Å². The van der Waals surface area contributed by atoms with E-state index >= 15 is 9.59 Å². The Balaban J connectivity index is 4.28. The van der Waals surface area contributed by atoms with Gasteiger partial charge in [0.25, 0.3) is 0 Å². The second kappa shape index (κ2) is 34.7. The lowest BCUT2D eigenvalue weighted by Crippen LogP contribution is -2.63. The molecule has 1 fully saturated rings. The number of nitrogens with zero attached hydrogens (tertiary/aromatic N) is 6. The topological polar surface area (TPSA) is 288 Å². The van der Waals surface area contributed by atoms with E-state index in [0.717, 1.165) is 9.80 Å². The van der Waals surface area contributed by atoms with Crippen LogP contribution in [0.1, 0.15) is 156 Å². The lowest BCUT2D eigenvalue weighted by atomic mass is 9.91. The van der Waals surface area contributed by atoms with Crippen LogP contribution in [0.25, 0.3) is 0 Å². The van der Waals surface area contributed by atoms with Crippen LogP contribution in [0.5, 0.6) is 0 Å². The van der Waals surface area contributed by atoms with E-state index in [1.807, 2.05) is 55.4 Å². The molecule has 23 heteroatoms. The molecule has 1 aliphatic heterocycles. The van der Waals surface area contributed by atoms with Gasteiger partial charge < -0.3 is 61.1 Å². The van der Waals surface area contributed by atoms with Gasteiger partial charge in [0.05, 0.1) is 12.6 Å². The summed E-state index contributed by atoms with van der Waals surface area (Å²) < 4.78 is 0. The van der Waals surface area contributed by atoms with Gasteiger partial charge in [0.15, 0.2) is 0 Å². The first-order valence-corrected chi connectivity index (χ1v) is 30.2. The van der Waals surface area contributed by atoms with Gasteiger partial charge in [-0.05, 0) is 101 Å². The van der Waals surface area contributed by atoms with Crippen LogP contribution in [0.3, 0.4) is 0 Å². The van der Waals surface area contributed by atoms with Crippen molar-refractivity contribution in [2.45, 2.75) is 223 Å². The number of aliphatic hydroxyl groups is 1. The van der Waals surface area contributed by atoms with Crippen LogP contribution in [0, 0.1) is 41.4 Å². The Labute approximate surface area is 502 Å². The van der Waals surface area contributed by atoms with E-state index in [-0.39, 0.29) is 55.8 Å². The van der Waals surface area contributed by atoms with Crippen LogP contribution in [-0.2, 0) is 52.7 Å². The van der Waals surface area contributed by atoms with Crippen molar-refractivity contribution in [1.82, 2.24) is 56.0 Å². The summed E-state index contributed by atoms with van der Waals surface area (Å²) in [7, 11) is 8.46. The molecule has 0 unspecified atom stereocenters. The molecule has 480 valence electrons. The Morgan fingerprint density at radius 1 is 0.464 bits per heavy atom. The zero-order valence-corrected chi connectivity index (χ0v) is 55.1. The van der Waals surface area contributed by atoms with Crippen molar-refractivity contribution in [2.75, 3.05) is 48.8 Å². The summed E-state index contributed by atoms with van der Waals surface area (Å²) in [6, 6.07) is -12.4. The minimum Gasteiger partial charge on any atom is -0.390 e. The monoisotopic (exact) mass is 1190 g/mol. The highest BCUT2D eigenvalue weighted by molar-refractivity contribution is 5.99. The normalized spacial score (nSPS) is 27.0. The minimum atomic E-state index is -1.61. The highest BCUT2D eigenvalue weighted by Crippen LogP contribution is 2.25. The molecule has 84 heavy (non-hydrogen) atoms. The molecule has 0 saturated carbocycles. The molecular formula is C61H109N11O12. The first-order chi connectivity index (χ1) is 38.8. The molecule has 1 aliphatic rings. The molecule has 0 aromatic heterocycles. The third kappa shape index (κ3) is 21.7. The molecule has 1 rings (SSSR count). The van der Waals surface area contributed by atoms with E-state index in [4.69, 9.17) is 0 Å². The third-order valence-corrected chi connectivity index (χ3v) is 15.6. The zero-order valence-electron chi connectivity index (χ0n) is 55.1. The number of aliphatic hydroxyl groups excluding tert-OH is 1. The summed E-state index contributed by atoms with van der Waals surface area (Å²) in [4.78, 5) is 166. The zero-order chi connectivity index (χ0) is 65.1. The molecule has 12 atom stereocenters. The summed E-state index contributed by atoms with van der Waals surface area (Å²) in [6.45, 7) is 29.2. The van der Waals surface area contributed by atoms with Crippen LogP contribution < -0.4 is 26.6 Å². The quantitative estimate of drug-likeness (QED) is 0.129. The maximum atomic E-state index is 15.1. The van der Waals surface area contributed by atoms with Crippen molar-refractivity contribution in [3.63, 3.8) is 0 Å². The molecule has 11 amide bonds. The Morgan fingerprint density at radius 3 is 1.38 bits per heavy atom. The van der Waals surface area contributed by atoms with E-state index in [1.54, 1.807) is 60.6 Å². The molecule has 0 radical (unpaired) electrons. The largest absolute Gasteiger partial charge is 0.390 e. The second-order valence-electron chi connectivity index (χ2n) is 25.7. The van der Waals surface area contributed by atoms with Crippen molar-refractivity contribution in [2.24, 2.45) is 41.4 Å². The number of nitrogens with one attached hydrogen (secondary N) is 5. The number of amides is 11. The minimum absolute atomic E-state index is 0.0225. The summed E-state index contributed by atoms with van der Waals surface area (Å²) in [5, 5.41) is 25.7. The summed E-state index contributed by atoms with van der Waals surface area (Å²) in [5.41, 5.74) is 0. The van der Waals surface area contributed by atoms with Crippen molar-refractivity contribution in [3.05, 3.63) is 12.2 Å². The lowest BCUT2D eigenvalue weighted by Gasteiger charge is -2.41. The molecule has 0 aromatic rings. The predicted octanol–water partition coefficient (Wildman–Crippen LogP) is 2.93.